The molecule has 1 aromatic carbocycles. The molecule has 1 atom stereocenters. The number of carbonyl (C=O) groups excluding carboxylic acids is 2. The summed E-state index contributed by atoms with van der Waals surface area (Å²) in [6.45, 7) is 2.47. The molecule has 1 amide bonds. The van der Waals surface area contributed by atoms with Gasteiger partial charge in [-0.05, 0) is 55.2 Å². The summed E-state index contributed by atoms with van der Waals surface area (Å²) in [7, 11) is 1.63. The molecule has 2 aliphatic rings. The largest absolute Gasteiger partial charge is 0.497 e. The molecule has 32 heavy (non-hydrogen) atoms. The maximum Gasteiger partial charge on any atom is 0.374 e. The number of anilines is 1. The zero-order valence-electron chi connectivity index (χ0n) is 18.1. The Morgan fingerprint density at radius 2 is 2.06 bits per heavy atom. The highest BCUT2D eigenvalue weighted by Crippen LogP contribution is 2.49. The van der Waals surface area contributed by atoms with Crippen LogP contribution in [0.15, 0.2) is 53.1 Å². The van der Waals surface area contributed by atoms with Crippen molar-refractivity contribution in [3.63, 3.8) is 0 Å². The Bertz CT molecular complexity index is 1180. The van der Waals surface area contributed by atoms with Crippen LogP contribution in [0.3, 0.4) is 0 Å². The first-order chi connectivity index (χ1) is 15.6. The summed E-state index contributed by atoms with van der Waals surface area (Å²) in [4.78, 5) is 32.3. The number of pyridine rings is 1. The summed E-state index contributed by atoms with van der Waals surface area (Å²) in [6, 6.07) is 13.3. The van der Waals surface area contributed by atoms with E-state index in [0.717, 1.165) is 28.2 Å². The molecule has 0 radical (unpaired) electrons. The van der Waals surface area contributed by atoms with Gasteiger partial charge in [0.25, 0.3) is 0 Å². The van der Waals surface area contributed by atoms with Gasteiger partial charge in [-0.3, -0.25) is 9.69 Å². The van der Waals surface area contributed by atoms with E-state index in [-0.39, 0.29) is 18.3 Å². The van der Waals surface area contributed by atoms with E-state index in [1.54, 1.807) is 31.2 Å². The molecule has 7 nitrogen and oxygen atoms in total. The number of rotatable bonds is 5. The molecular weight excluding hydrogens is 408 g/mol. The smallest absolute Gasteiger partial charge is 0.374 e. The Kier molecular flexibility index (Phi) is 4.96. The summed E-state index contributed by atoms with van der Waals surface area (Å²) in [6.07, 6.45) is 3.37. The number of benzene rings is 1. The minimum atomic E-state index is -0.709. The van der Waals surface area contributed by atoms with Crippen molar-refractivity contribution in [1.82, 2.24) is 4.98 Å². The van der Waals surface area contributed by atoms with Crippen LogP contribution in [-0.2, 0) is 34.3 Å². The molecule has 0 bridgehead atoms. The fraction of sp³-hybridized carbons (Fsp3) is 0.320. The number of methoxy groups -OCH3 is 1. The van der Waals surface area contributed by atoms with Crippen molar-refractivity contribution >= 4 is 17.7 Å². The van der Waals surface area contributed by atoms with Gasteiger partial charge in [0.15, 0.2) is 0 Å². The molecule has 3 heterocycles. The first-order valence-electron chi connectivity index (χ1n) is 10.7. The van der Waals surface area contributed by atoms with Crippen LogP contribution in [0.1, 0.15) is 46.3 Å². The Morgan fingerprint density at radius 3 is 2.81 bits per heavy atom. The SMILES string of the molecule is CCOC(=O)c1cc2c(o1)CCC1(C2)C(=O)N(Cc2ccc(OC)cc2)c2ncccc21. The van der Waals surface area contributed by atoms with Crippen LogP contribution in [0.4, 0.5) is 5.82 Å². The number of nitrogens with zero attached hydrogens (tertiary/aromatic N) is 2. The van der Waals surface area contributed by atoms with E-state index < -0.39 is 11.4 Å². The van der Waals surface area contributed by atoms with Gasteiger partial charge >= 0.3 is 5.97 Å². The fourth-order valence-corrected chi connectivity index (χ4v) is 4.80. The number of aryl methyl sites for hydroxylation is 1. The summed E-state index contributed by atoms with van der Waals surface area (Å²) in [5, 5.41) is 0. The van der Waals surface area contributed by atoms with Gasteiger partial charge in [0, 0.05) is 18.2 Å². The lowest BCUT2D eigenvalue weighted by molar-refractivity contribution is -0.123. The second kappa shape index (κ2) is 7.82. The van der Waals surface area contributed by atoms with Crippen molar-refractivity contribution < 1.29 is 23.5 Å². The fourth-order valence-electron chi connectivity index (χ4n) is 4.80. The van der Waals surface area contributed by atoms with Crippen molar-refractivity contribution in [2.24, 2.45) is 0 Å². The number of hydrogen-bond acceptors (Lipinski definition) is 6. The van der Waals surface area contributed by atoms with E-state index in [2.05, 4.69) is 4.98 Å². The highest BCUT2D eigenvalue weighted by Gasteiger charge is 2.53. The molecule has 2 aromatic heterocycles. The standard InChI is InChI=1S/C25H24N2O5/c1-3-31-23(28)21-13-17-14-25(11-10-20(17)32-21)19-5-4-12-26-22(19)27(24(25)29)15-16-6-8-18(30-2)9-7-16/h4-9,12-13H,3,10-11,14-15H2,1-2H3. The molecule has 3 aromatic rings. The molecule has 0 fully saturated rings. The molecule has 1 aliphatic carbocycles. The molecule has 164 valence electrons. The first kappa shape index (κ1) is 20.3. The molecule has 5 rings (SSSR count). The van der Waals surface area contributed by atoms with Crippen LogP contribution < -0.4 is 9.64 Å². The van der Waals surface area contributed by atoms with Crippen molar-refractivity contribution in [2.45, 2.75) is 38.1 Å². The van der Waals surface area contributed by atoms with Crippen molar-refractivity contribution in [2.75, 3.05) is 18.6 Å². The number of aromatic nitrogens is 1. The topological polar surface area (TPSA) is 81.9 Å². The maximum atomic E-state index is 13.9. The molecule has 1 aliphatic heterocycles. The predicted octanol–water partition coefficient (Wildman–Crippen LogP) is 3.83. The van der Waals surface area contributed by atoms with Gasteiger partial charge in [-0.25, -0.2) is 9.78 Å². The zero-order valence-corrected chi connectivity index (χ0v) is 18.1. The van der Waals surface area contributed by atoms with Crippen LogP contribution in [0.5, 0.6) is 5.75 Å². The Morgan fingerprint density at radius 1 is 1.25 bits per heavy atom. The lowest BCUT2D eigenvalue weighted by Gasteiger charge is -2.31. The van der Waals surface area contributed by atoms with Gasteiger partial charge in [-0.2, -0.15) is 0 Å². The number of amides is 1. The third-order valence-corrected chi connectivity index (χ3v) is 6.36. The Balaban J connectivity index is 1.48. The average Bonchev–Trinajstić information content (AvgIpc) is 3.34. The van der Waals surface area contributed by atoms with Crippen molar-refractivity contribution in [3.8, 4) is 5.75 Å². The van der Waals surface area contributed by atoms with Crippen LogP contribution in [0, 0.1) is 0 Å². The normalized spacial score (nSPS) is 19.1. The highest BCUT2D eigenvalue weighted by atomic mass is 16.5. The molecule has 0 N–H and O–H groups in total. The van der Waals surface area contributed by atoms with E-state index in [9.17, 15) is 9.59 Å². The summed E-state index contributed by atoms with van der Waals surface area (Å²) in [5.41, 5.74) is 2.10. The minimum Gasteiger partial charge on any atom is -0.497 e. The van der Waals surface area contributed by atoms with Crippen molar-refractivity contribution in [3.05, 3.63) is 76.9 Å². The molecule has 1 unspecified atom stereocenters. The number of carbonyl (C=O) groups is 2. The van der Waals surface area contributed by atoms with Gasteiger partial charge in [-0.1, -0.05) is 18.2 Å². The molecule has 7 heteroatoms. The maximum absolute atomic E-state index is 13.9. The second-order valence-corrected chi connectivity index (χ2v) is 8.15. The average molecular weight is 432 g/mol. The lowest BCUT2D eigenvalue weighted by Crippen LogP contribution is -2.43. The molecule has 1 spiro atoms. The summed E-state index contributed by atoms with van der Waals surface area (Å²) < 4.78 is 16.1. The Labute approximate surface area is 186 Å². The molecule has 0 saturated heterocycles. The van der Waals surface area contributed by atoms with E-state index in [1.165, 1.54) is 0 Å². The van der Waals surface area contributed by atoms with Gasteiger partial charge in [0.1, 0.15) is 17.3 Å². The predicted molar refractivity (Wildman–Crippen MR) is 117 cm³/mol. The summed E-state index contributed by atoms with van der Waals surface area (Å²) >= 11 is 0. The summed E-state index contributed by atoms with van der Waals surface area (Å²) in [5.74, 6) is 1.98. The van der Waals surface area contributed by atoms with Crippen LogP contribution in [-0.4, -0.2) is 30.6 Å². The van der Waals surface area contributed by atoms with E-state index in [0.29, 0.717) is 31.6 Å². The van der Waals surface area contributed by atoms with E-state index >= 15 is 0 Å². The number of hydrogen-bond donors (Lipinski definition) is 0. The van der Waals surface area contributed by atoms with Crippen molar-refractivity contribution in [1.29, 1.82) is 0 Å². The zero-order chi connectivity index (χ0) is 22.3. The second-order valence-electron chi connectivity index (χ2n) is 8.15. The van der Waals surface area contributed by atoms with Gasteiger partial charge < -0.3 is 13.9 Å². The molecule has 0 saturated carbocycles. The number of ether oxygens (including phenoxy) is 2. The minimum absolute atomic E-state index is 0.0338. The Hall–Kier alpha value is -3.61. The third-order valence-electron chi connectivity index (χ3n) is 6.36. The quantitative estimate of drug-likeness (QED) is 0.570. The highest BCUT2D eigenvalue weighted by molar-refractivity contribution is 6.07. The van der Waals surface area contributed by atoms with E-state index in [4.69, 9.17) is 13.9 Å². The number of fused-ring (bicyclic) bond motifs is 3. The lowest BCUT2D eigenvalue weighted by atomic mass is 9.70. The van der Waals surface area contributed by atoms with Gasteiger partial charge in [0.05, 0.1) is 25.7 Å². The van der Waals surface area contributed by atoms with Crippen LogP contribution in [0.25, 0.3) is 0 Å². The van der Waals surface area contributed by atoms with E-state index in [1.807, 2.05) is 36.4 Å². The third kappa shape index (κ3) is 3.16. The first-order valence-corrected chi connectivity index (χ1v) is 10.7. The van der Waals surface area contributed by atoms with Gasteiger partial charge in [-0.15, -0.1) is 0 Å². The van der Waals surface area contributed by atoms with Crippen LogP contribution >= 0.6 is 0 Å². The van der Waals surface area contributed by atoms with Gasteiger partial charge in [0.2, 0.25) is 11.7 Å². The molecular formula is C25H24N2O5. The van der Waals surface area contributed by atoms with Crippen LogP contribution in [0.2, 0.25) is 0 Å². The number of esters is 1. The monoisotopic (exact) mass is 432 g/mol. The number of furan rings is 1.